The van der Waals surface area contributed by atoms with Gasteiger partial charge in [0.2, 0.25) is 0 Å². The fourth-order valence-corrected chi connectivity index (χ4v) is 5.53. The van der Waals surface area contributed by atoms with Crippen LogP contribution in [0.2, 0.25) is 0 Å². The molecule has 0 aliphatic heterocycles. The van der Waals surface area contributed by atoms with E-state index in [0.29, 0.717) is 0 Å². The minimum atomic E-state index is -4.91. The smallest absolute Gasteiger partial charge is 0.198 e. The Morgan fingerprint density at radius 1 is 0.652 bits per heavy atom. The van der Waals surface area contributed by atoms with Gasteiger partial charge in [0.1, 0.15) is 0 Å². The summed E-state index contributed by atoms with van der Waals surface area (Å²) in [7, 11) is -9.83. The van der Waals surface area contributed by atoms with Crippen molar-refractivity contribution in [1.82, 2.24) is 0 Å². The molecule has 0 fully saturated rings. The lowest BCUT2D eigenvalue weighted by atomic mass is 10.0. The lowest BCUT2D eigenvalue weighted by Crippen LogP contribution is -2.48. The van der Waals surface area contributed by atoms with Crippen LogP contribution >= 0.6 is 0 Å². The second kappa shape index (κ2) is 6.35. The molecule has 0 saturated carbocycles. The molecule has 8 nitrogen and oxygen atoms in total. The van der Waals surface area contributed by atoms with Gasteiger partial charge >= 0.3 is 20.2 Å². The Labute approximate surface area is 133 Å². The molecule has 0 aromatic heterocycles. The van der Waals surface area contributed by atoms with Crippen molar-refractivity contribution >= 4 is 20.2 Å². The van der Waals surface area contributed by atoms with E-state index in [9.17, 15) is 16.8 Å². The van der Waals surface area contributed by atoms with Gasteiger partial charge in [-0.25, -0.2) is 0 Å². The van der Waals surface area contributed by atoms with Crippen LogP contribution in [0.15, 0.2) is 60.7 Å². The van der Waals surface area contributed by atoms with Crippen LogP contribution in [0.25, 0.3) is 0 Å². The van der Waals surface area contributed by atoms with Gasteiger partial charge in [-0.05, 0) is 11.1 Å². The molecule has 4 N–H and O–H groups in total. The van der Waals surface area contributed by atoms with Gasteiger partial charge in [-0.3, -0.25) is 0 Å². The summed E-state index contributed by atoms with van der Waals surface area (Å²) in [5.41, 5.74) is -0.302. The molecule has 2 aromatic rings. The van der Waals surface area contributed by atoms with Crippen molar-refractivity contribution in [3.63, 3.8) is 0 Å². The zero-order valence-electron chi connectivity index (χ0n) is 11.7. The standard InChI is InChI=1S/C13H14N2O6S2/c14-20-22(16,17)13(23(18,19)21-15,11-7-3-1-4-8-11)12-9-5-2-6-10-12/h1-10H,14-15H2. The van der Waals surface area contributed by atoms with Crippen LogP contribution in [0.3, 0.4) is 0 Å². The molecule has 0 radical (unpaired) electrons. The molecule has 124 valence electrons. The normalized spacial score (nSPS) is 13.0. The third-order valence-electron chi connectivity index (χ3n) is 3.27. The molecule has 10 heteroatoms. The molecule has 23 heavy (non-hydrogen) atoms. The summed E-state index contributed by atoms with van der Waals surface area (Å²) in [6.07, 6.45) is 0. The van der Waals surface area contributed by atoms with Crippen LogP contribution in [0.4, 0.5) is 0 Å². The van der Waals surface area contributed by atoms with Gasteiger partial charge in [0, 0.05) is 0 Å². The van der Waals surface area contributed by atoms with Crippen molar-refractivity contribution in [1.29, 1.82) is 0 Å². The van der Waals surface area contributed by atoms with Gasteiger partial charge in [-0.15, -0.1) is 0 Å². The molecule has 0 bridgehead atoms. The molecule has 0 unspecified atom stereocenters. The summed E-state index contributed by atoms with van der Waals surface area (Å²) in [6.45, 7) is 0. The Bertz CT molecular complexity index is 792. The average molecular weight is 358 g/mol. The van der Waals surface area contributed by atoms with E-state index in [2.05, 4.69) is 8.57 Å². The highest BCUT2D eigenvalue weighted by Gasteiger charge is 2.60. The van der Waals surface area contributed by atoms with Crippen LogP contribution in [0, 0.1) is 0 Å². The number of benzene rings is 2. The van der Waals surface area contributed by atoms with Gasteiger partial charge in [-0.1, -0.05) is 60.7 Å². The van der Waals surface area contributed by atoms with Crippen molar-refractivity contribution in [2.75, 3.05) is 0 Å². The Hall–Kier alpha value is -1.82. The summed E-state index contributed by atoms with van der Waals surface area (Å²) in [6, 6.07) is 14.2. The molecule has 0 heterocycles. The van der Waals surface area contributed by atoms with E-state index >= 15 is 0 Å². The zero-order chi connectivity index (χ0) is 17.1. The van der Waals surface area contributed by atoms with E-state index in [1.165, 1.54) is 48.5 Å². The van der Waals surface area contributed by atoms with Crippen molar-refractivity contribution in [2.45, 2.75) is 4.08 Å². The maximum Gasteiger partial charge on any atom is 0.314 e. The number of rotatable bonds is 6. The van der Waals surface area contributed by atoms with E-state index in [1.807, 2.05) is 0 Å². The third kappa shape index (κ3) is 2.65. The molecule has 0 amide bonds. The predicted molar refractivity (Wildman–Crippen MR) is 82.0 cm³/mol. The molecule has 2 aromatic carbocycles. The van der Waals surface area contributed by atoms with E-state index in [4.69, 9.17) is 11.8 Å². The zero-order valence-corrected chi connectivity index (χ0v) is 13.3. The van der Waals surface area contributed by atoms with Crippen molar-refractivity contribution in [2.24, 2.45) is 11.8 Å². The number of nitrogens with two attached hydrogens (primary N) is 2. The maximum atomic E-state index is 12.6. The van der Waals surface area contributed by atoms with Crippen molar-refractivity contribution in [3.05, 3.63) is 71.8 Å². The number of hydrogen-bond acceptors (Lipinski definition) is 8. The quantitative estimate of drug-likeness (QED) is 0.704. The molecule has 0 spiro atoms. The molecule has 0 saturated heterocycles. The molecular formula is C13H14N2O6S2. The second-order valence-corrected chi connectivity index (χ2v) is 8.13. The molecule has 0 aliphatic rings. The van der Waals surface area contributed by atoms with Crippen LogP contribution in [0.1, 0.15) is 11.1 Å². The largest absolute Gasteiger partial charge is 0.314 e. The topological polar surface area (TPSA) is 139 Å². The van der Waals surface area contributed by atoms with E-state index in [1.54, 1.807) is 12.1 Å². The third-order valence-corrected chi connectivity index (χ3v) is 7.35. The summed E-state index contributed by atoms with van der Waals surface area (Å²) < 4.78 is 55.6. The second-order valence-electron chi connectivity index (χ2n) is 4.45. The van der Waals surface area contributed by atoms with Gasteiger partial charge in [0.05, 0.1) is 0 Å². The first kappa shape index (κ1) is 17.5. The van der Waals surface area contributed by atoms with E-state index < -0.39 is 24.3 Å². The molecule has 0 aliphatic carbocycles. The van der Waals surface area contributed by atoms with Crippen molar-refractivity contribution < 1.29 is 25.4 Å². The van der Waals surface area contributed by atoms with Gasteiger partial charge in [0.15, 0.2) is 0 Å². The first-order valence-electron chi connectivity index (χ1n) is 6.20. The summed E-state index contributed by atoms with van der Waals surface area (Å²) >= 11 is 0. The minimum absolute atomic E-state index is 0.151. The van der Waals surface area contributed by atoms with Crippen LogP contribution < -0.4 is 11.8 Å². The van der Waals surface area contributed by atoms with Crippen molar-refractivity contribution in [3.8, 4) is 0 Å². The van der Waals surface area contributed by atoms with Crippen LogP contribution in [-0.2, 0) is 32.9 Å². The average Bonchev–Trinajstić information content (AvgIpc) is 2.57. The Kier molecular flexibility index (Phi) is 4.84. The Morgan fingerprint density at radius 3 is 1.22 bits per heavy atom. The van der Waals surface area contributed by atoms with Gasteiger partial charge in [-0.2, -0.15) is 37.2 Å². The highest BCUT2D eigenvalue weighted by atomic mass is 32.3. The fourth-order valence-electron chi connectivity index (χ4n) is 2.32. The lowest BCUT2D eigenvalue weighted by Gasteiger charge is -2.30. The van der Waals surface area contributed by atoms with E-state index in [0.717, 1.165) is 0 Å². The highest BCUT2D eigenvalue weighted by molar-refractivity contribution is 8.05. The first-order chi connectivity index (χ1) is 10.8. The van der Waals surface area contributed by atoms with E-state index in [-0.39, 0.29) is 11.1 Å². The summed E-state index contributed by atoms with van der Waals surface area (Å²) in [5, 5.41) is 0. The van der Waals surface area contributed by atoms with Crippen LogP contribution in [-0.4, -0.2) is 16.8 Å². The summed E-state index contributed by atoms with van der Waals surface area (Å²) in [4.78, 5) is 0. The fraction of sp³-hybridized carbons (Fsp3) is 0.0769. The summed E-state index contributed by atoms with van der Waals surface area (Å²) in [5.74, 6) is 9.74. The minimum Gasteiger partial charge on any atom is -0.198 e. The number of hydrogen-bond donors (Lipinski definition) is 2. The molecular weight excluding hydrogens is 344 g/mol. The Morgan fingerprint density at radius 2 is 0.957 bits per heavy atom. The lowest BCUT2D eigenvalue weighted by molar-refractivity contribution is 0.304. The van der Waals surface area contributed by atoms with Gasteiger partial charge in [0.25, 0.3) is 4.08 Å². The predicted octanol–water partition coefficient (Wildman–Crippen LogP) is 0.328. The Balaban J connectivity index is 3.05. The van der Waals surface area contributed by atoms with Gasteiger partial charge < -0.3 is 0 Å². The molecule has 0 atom stereocenters. The van der Waals surface area contributed by atoms with Crippen LogP contribution in [0.5, 0.6) is 0 Å². The first-order valence-corrected chi connectivity index (χ1v) is 9.02. The SMILES string of the molecule is NOS(=O)(=O)C(c1ccccc1)(c1ccccc1)S(=O)(=O)ON. The molecule has 2 rings (SSSR count). The monoisotopic (exact) mass is 358 g/mol. The highest BCUT2D eigenvalue weighted by Crippen LogP contribution is 2.43. The maximum absolute atomic E-state index is 12.6.